The van der Waals surface area contributed by atoms with Crippen LogP contribution in [-0.2, 0) is 4.74 Å². The van der Waals surface area contributed by atoms with Crippen molar-refractivity contribution in [1.82, 2.24) is 10.3 Å². The van der Waals surface area contributed by atoms with E-state index in [0.717, 1.165) is 43.2 Å². The molecule has 1 aromatic heterocycles. The summed E-state index contributed by atoms with van der Waals surface area (Å²) >= 11 is 0. The highest BCUT2D eigenvalue weighted by Crippen LogP contribution is 2.31. The van der Waals surface area contributed by atoms with Gasteiger partial charge in [-0.2, -0.15) is 8.78 Å². The summed E-state index contributed by atoms with van der Waals surface area (Å²) in [6.07, 6.45) is 3.50. The third kappa shape index (κ3) is 5.27. The summed E-state index contributed by atoms with van der Waals surface area (Å²) in [6, 6.07) is 11.7. The Balaban J connectivity index is 1.79. The molecule has 0 atom stereocenters. The third-order valence-electron chi connectivity index (χ3n) is 4.41. The van der Waals surface area contributed by atoms with E-state index in [2.05, 4.69) is 19.9 Å². The summed E-state index contributed by atoms with van der Waals surface area (Å²) in [4.78, 5) is 6.67. The van der Waals surface area contributed by atoms with Gasteiger partial charge in [-0.15, -0.1) is 0 Å². The zero-order chi connectivity index (χ0) is 19.1. The lowest BCUT2D eigenvalue weighted by atomic mass is 10.0. The molecule has 1 aliphatic heterocycles. The number of ether oxygens (including phenoxy) is 3. The van der Waals surface area contributed by atoms with Crippen molar-refractivity contribution in [2.45, 2.75) is 25.5 Å². The number of hydrogen-bond donors (Lipinski definition) is 1. The molecule has 3 rings (SSSR count). The molecule has 2 heterocycles. The molecule has 1 saturated heterocycles. The number of halogens is 2. The molecule has 0 saturated carbocycles. The van der Waals surface area contributed by atoms with Crippen LogP contribution in [0, 0.1) is 0 Å². The van der Waals surface area contributed by atoms with Gasteiger partial charge in [-0.25, -0.2) is 4.98 Å². The summed E-state index contributed by atoms with van der Waals surface area (Å²) in [6.45, 7) is -1.48. The van der Waals surface area contributed by atoms with Gasteiger partial charge < -0.3 is 19.7 Å². The van der Waals surface area contributed by atoms with E-state index in [-0.39, 0.29) is 0 Å². The van der Waals surface area contributed by atoms with E-state index in [9.17, 15) is 8.78 Å². The SMILES string of the molecule is COc1ccc(N(c2ccc(OCOC(F)F)cn2)C2CCNCC2)cc1. The largest absolute Gasteiger partial charge is 0.497 e. The summed E-state index contributed by atoms with van der Waals surface area (Å²) in [5.41, 5.74) is 1.02. The molecule has 0 amide bonds. The molecular weight excluding hydrogens is 356 g/mol. The first-order chi connectivity index (χ1) is 13.2. The van der Waals surface area contributed by atoms with Crippen LogP contribution < -0.4 is 19.7 Å². The molecule has 1 aromatic carbocycles. The Labute approximate surface area is 157 Å². The first kappa shape index (κ1) is 19.3. The maximum absolute atomic E-state index is 12.0. The Morgan fingerprint density at radius 1 is 1.11 bits per heavy atom. The number of methoxy groups -OCH3 is 1. The van der Waals surface area contributed by atoms with Crippen molar-refractivity contribution in [2.75, 3.05) is 31.9 Å². The van der Waals surface area contributed by atoms with Crippen molar-refractivity contribution < 1.29 is 23.0 Å². The average Bonchev–Trinajstić information content (AvgIpc) is 2.70. The molecule has 1 N–H and O–H groups in total. The number of hydrogen-bond acceptors (Lipinski definition) is 6. The zero-order valence-electron chi connectivity index (χ0n) is 15.1. The number of pyridine rings is 1. The van der Waals surface area contributed by atoms with Crippen molar-refractivity contribution >= 4 is 11.5 Å². The fourth-order valence-corrected chi connectivity index (χ4v) is 3.09. The second-order valence-electron chi connectivity index (χ2n) is 6.09. The van der Waals surface area contributed by atoms with Crippen LogP contribution in [0.25, 0.3) is 0 Å². The first-order valence-corrected chi connectivity index (χ1v) is 8.80. The lowest BCUT2D eigenvalue weighted by molar-refractivity contribution is -0.167. The molecule has 1 aliphatic rings. The minimum absolute atomic E-state index is 0.307. The molecule has 0 spiro atoms. The smallest absolute Gasteiger partial charge is 0.348 e. The Kier molecular flexibility index (Phi) is 6.78. The fourth-order valence-electron chi connectivity index (χ4n) is 3.09. The molecule has 2 aromatic rings. The van der Waals surface area contributed by atoms with Crippen LogP contribution in [0.4, 0.5) is 20.3 Å². The Morgan fingerprint density at radius 3 is 2.41 bits per heavy atom. The number of alkyl halides is 2. The van der Waals surface area contributed by atoms with Crippen molar-refractivity contribution in [3.05, 3.63) is 42.6 Å². The van der Waals surface area contributed by atoms with Crippen LogP contribution in [-0.4, -0.2) is 44.6 Å². The third-order valence-corrected chi connectivity index (χ3v) is 4.41. The standard InChI is InChI=1S/C19H23F2N3O3/c1-25-16-4-2-14(3-5-16)24(15-8-10-22-11-9-15)18-7-6-17(12-23-18)26-13-27-19(20)21/h2-7,12,15,19,22H,8-11,13H2,1H3. The average molecular weight is 379 g/mol. The van der Waals surface area contributed by atoms with Gasteiger partial charge in [0.1, 0.15) is 17.3 Å². The van der Waals surface area contributed by atoms with Crippen LogP contribution >= 0.6 is 0 Å². The van der Waals surface area contributed by atoms with Crippen molar-refractivity contribution in [3.63, 3.8) is 0 Å². The summed E-state index contributed by atoms with van der Waals surface area (Å²) < 4.78 is 38.5. The van der Waals surface area contributed by atoms with Crippen LogP contribution in [0.2, 0.25) is 0 Å². The van der Waals surface area contributed by atoms with E-state index in [1.807, 2.05) is 30.3 Å². The second-order valence-corrected chi connectivity index (χ2v) is 6.09. The fraction of sp³-hybridized carbons (Fsp3) is 0.421. The van der Waals surface area contributed by atoms with E-state index in [4.69, 9.17) is 9.47 Å². The Hall–Kier alpha value is -2.45. The monoisotopic (exact) mass is 379 g/mol. The van der Waals surface area contributed by atoms with E-state index in [1.54, 1.807) is 13.2 Å². The van der Waals surface area contributed by atoms with Crippen LogP contribution in [0.15, 0.2) is 42.6 Å². The van der Waals surface area contributed by atoms with E-state index < -0.39 is 13.4 Å². The zero-order valence-corrected chi connectivity index (χ0v) is 15.1. The van der Waals surface area contributed by atoms with Gasteiger partial charge in [-0.05, 0) is 62.3 Å². The second kappa shape index (κ2) is 9.48. The van der Waals surface area contributed by atoms with Crippen molar-refractivity contribution in [2.24, 2.45) is 0 Å². The van der Waals surface area contributed by atoms with Gasteiger partial charge in [0.2, 0.25) is 0 Å². The van der Waals surface area contributed by atoms with Crippen molar-refractivity contribution in [3.8, 4) is 11.5 Å². The molecule has 0 radical (unpaired) electrons. The van der Waals surface area contributed by atoms with Crippen LogP contribution in [0.1, 0.15) is 12.8 Å². The number of anilines is 2. The topological polar surface area (TPSA) is 55.9 Å². The number of aromatic nitrogens is 1. The first-order valence-electron chi connectivity index (χ1n) is 8.80. The van der Waals surface area contributed by atoms with Crippen molar-refractivity contribution in [1.29, 1.82) is 0 Å². The number of nitrogens with one attached hydrogen (secondary N) is 1. The highest BCUT2D eigenvalue weighted by molar-refractivity contribution is 5.62. The van der Waals surface area contributed by atoms with Crippen LogP contribution in [0.5, 0.6) is 11.5 Å². The molecular formula is C19H23F2N3O3. The normalized spacial score (nSPS) is 15.0. The molecule has 0 bridgehead atoms. The highest BCUT2D eigenvalue weighted by atomic mass is 19.3. The van der Waals surface area contributed by atoms with Gasteiger partial charge in [0.25, 0.3) is 0 Å². The van der Waals surface area contributed by atoms with Gasteiger partial charge in [0, 0.05) is 11.7 Å². The Morgan fingerprint density at radius 2 is 1.81 bits per heavy atom. The molecule has 6 nitrogen and oxygen atoms in total. The molecule has 1 fully saturated rings. The number of piperidine rings is 1. The van der Waals surface area contributed by atoms with Crippen LogP contribution in [0.3, 0.4) is 0 Å². The van der Waals surface area contributed by atoms with E-state index in [0.29, 0.717) is 11.8 Å². The summed E-state index contributed by atoms with van der Waals surface area (Å²) in [5, 5.41) is 3.37. The number of rotatable bonds is 8. The molecule has 0 aliphatic carbocycles. The minimum Gasteiger partial charge on any atom is -0.497 e. The quantitative estimate of drug-likeness (QED) is 0.708. The minimum atomic E-state index is -2.86. The molecule has 146 valence electrons. The summed E-state index contributed by atoms with van der Waals surface area (Å²) in [7, 11) is 1.64. The van der Waals surface area contributed by atoms with Gasteiger partial charge in [0.05, 0.1) is 13.3 Å². The molecule has 27 heavy (non-hydrogen) atoms. The maximum Gasteiger partial charge on any atom is 0.348 e. The van der Waals surface area contributed by atoms with Gasteiger partial charge in [-0.1, -0.05) is 0 Å². The molecule has 0 unspecified atom stereocenters. The molecule has 8 heteroatoms. The van der Waals surface area contributed by atoms with Gasteiger partial charge in [-0.3, -0.25) is 4.74 Å². The number of nitrogens with zero attached hydrogens (tertiary/aromatic N) is 2. The van der Waals surface area contributed by atoms with E-state index >= 15 is 0 Å². The van der Waals surface area contributed by atoms with E-state index in [1.165, 1.54) is 6.20 Å². The summed E-state index contributed by atoms with van der Waals surface area (Å²) in [5.74, 6) is 1.94. The predicted molar refractivity (Wildman–Crippen MR) is 97.8 cm³/mol. The van der Waals surface area contributed by atoms with Gasteiger partial charge in [0.15, 0.2) is 6.79 Å². The number of benzene rings is 1. The lowest BCUT2D eigenvalue weighted by Gasteiger charge is -2.35. The highest BCUT2D eigenvalue weighted by Gasteiger charge is 2.24. The van der Waals surface area contributed by atoms with Gasteiger partial charge >= 0.3 is 6.61 Å². The predicted octanol–water partition coefficient (Wildman–Crippen LogP) is 3.56. The lowest BCUT2D eigenvalue weighted by Crippen LogP contribution is -2.41. The Bertz CT molecular complexity index is 692. The maximum atomic E-state index is 12.0.